The van der Waals surface area contributed by atoms with Crippen molar-refractivity contribution in [1.82, 2.24) is 39.6 Å². The summed E-state index contributed by atoms with van der Waals surface area (Å²) in [5.74, 6) is -0.424. The molecule has 1 fully saturated rings. The number of hydrogen-bond donors (Lipinski definition) is 2. The highest BCUT2D eigenvalue weighted by molar-refractivity contribution is 6.04. The molecule has 0 saturated carbocycles. The van der Waals surface area contributed by atoms with Gasteiger partial charge in [-0.2, -0.15) is 15.3 Å². The topological polar surface area (TPSA) is 134 Å². The third kappa shape index (κ3) is 4.70. The Hall–Kier alpha value is -4.29. The molecule has 42 heavy (non-hydrogen) atoms. The van der Waals surface area contributed by atoms with Gasteiger partial charge in [0.05, 0.1) is 33.7 Å². The molecule has 12 heteroatoms. The second-order valence-corrected chi connectivity index (χ2v) is 11.0. The molecule has 0 bridgehead atoms. The first-order chi connectivity index (χ1) is 20.2. The molecule has 4 aromatic heterocycles. The number of pyridine rings is 1. The van der Waals surface area contributed by atoms with Gasteiger partial charge in [0.2, 0.25) is 5.88 Å². The van der Waals surface area contributed by atoms with E-state index in [0.717, 1.165) is 69.6 Å². The third-order valence-corrected chi connectivity index (χ3v) is 7.84. The minimum Gasteiger partial charge on any atom is -0.476 e. The van der Waals surface area contributed by atoms with Crippen LogP contribution in [-0.2, 0) is 18.8 Å². The summed E-state index contributed by atoms with van der Waals surface area (Å²) in [5.41, 5.74) is 6.32. The summed E-state index contributed by atoms with van der Waals surface area (Å²) in [6.07, 6.45) is 2.64. The Balaban J connectivity index is 1.58. The summed E-state index contributed by atoms with van der Waals surface area (Å²) in [6.45, 7) is 7.31. The molecular weight excluding hydrogens is 536 g/mol. The predicted molar refractivity (Wildman–Crippen MR) is 159 cm³/mol. The zero-order valence-electron chi connectivity index (χ0n) is 24.8. The van der Waals surface area contributed by atoms with Crippen LogP contribution in [0.4, 0.5) is 0 Å². The van der Waals surface area contributed by atoms with Crippen molar-refractivity contribution in [3.8, 4) is 28.4 Å². The number of hydrogen-bond acceptors (Lipinski definition) is 8. The van der Waals surface area contributed by atoms with Gasteiger partial charge in [-0.3, -0.25) is 9.67 Å². The van der Waals surface area contributed by atoms with Gasteiger partial charge in [0.1, 0.15) is 11.8 Å². The van der Waals surface area contributed by atoms with Gasteiger partial charge in [-0.25, -0.2) is 14.2 Å². The molecule has 1 aliphatic rings. The van der Waals surface area contributed by atoms with Gasteiger partial charge < -0.3 is 19.9 Å². The van der Waals surface area contributed by atoms with Gasteiger partial charge in [-0.15, -0.1) is 0 Å². The first-order valence-electron chi connectivity index (χ1n) is 14.2. The molecule has 12 nitrogen and oxygen atoms in total. The number of aryl methyl sites for hydroxylation is 4. The Morgan fingerprint density at radius 2 is 1.93 bits per heavy atom. The van der Waals surface area contributed by atoms with Crippen molar-refractivity contribution in [1.29, 1.82) is 0 Å². The molecule has 5 aromatic rings. The van der Waals surface area contributed by atoms with E-state index in [2.05, 4.69) is 15.5 Å². The Labute approximate surface area is 243 Å². The van der Waals surface area contributed by atoms with Crippen molar-refractivity contribution in [2.24, 2.45) is 14.1 Å². The number of carbonyl (C=O) groups is 1. The van der Waals surface area contributed by atoms with Crippen LogP contribution in [0.1, 0.15) is 54.3 Å². The minimum atomic E-state index is -1.07. The smallest absolute Gasteiger partial charge is 0.357 e. The number of nitrogens with one attached hydrogen (secondary N) is 1. The standard InChI is InChI=1S/C30H36N8O4/c1-16(15-31-4)42-29-25(17(2)33-37(29)6)22-14-21-26(19-10-11-23-20(13-19)27(30(39)40)34-36(23)5)35-38(28(21)18(3)32-22)24-9-7-8-12-41-24/h10-11,13-14,16,24,31H,7-9,12,15H2,1-6H3,(H,39,40)/t16-,24?/m0/s1. The maximum atomic E-state index is 12.0. The van der Waals surface area contributed by atoms with E-state index in [1.165, 1.54) is 0 Å². The summed E-state index contributed by atoms with van der Waals surface area (Å²) in [4.78, 5) is 17.0. The second kappa shape index (κ2) is 10.8. The number of ether oxygens (including phenoxy) is 2. The largest absolute Gasteiger partial charge is 0.476 e. The maximum Gasteiger partial charge on any atom is 0.357 e. The predicted octanol–water partition coefficient (Wildman–Crippen LogP) is 4.39. The fourth-order valence-corrected chi connectivity index (χ4v) is 5.97. The molecule has 1 aliphatic heterocycles. The second-order valence-electron chi connectivity index (χ2n) is 11.0. The molecule has 0 amide bonds. The van der Waals surface area contributed by atoms with E-state index in [1.807, 2.05) is 63.8 Å². The lowest BCUT2D eigenvalue weighted by atomic mass is 10.0. The average molecular weight is 573 g/mol. The first kappa shape index (κ1) is 27.9. The molecular formula is C30H36N8O4. The number of likely N-dealkylation sites (N-methyl/N-ethyl adjacent to an activating group) is 1. The number of rotatable bonds is 8. The Morgan fingerprint density at radius 1 is 1.12 bits per heavy atom. The van der Waals surface area contributed by atoms with Crippen molar-refractivity contribution in [3.05, 3.63) is 41.3 Å². The van der Waals surface area contributed by atoms with Crippen LogP contribution in [0.15, 0.2) is 24.3 Å². The molecule has 0 aliphatic carbocycles. The average Bonchev–Trinajstić information content (AvgIpc) is 3.60. The lowest BCUT2D eigenvalue weighted by Gasteiger charge is -2.23. The molecule has 2 N–H and O–H groups in total. The van der Waals surface area contributed by atoms with Crippen LogP contribution in [0.3, 0.4) is 0 Å². The number of aromatic nitrogens is 7. The highest BCUT2D eigenvalue weighted by atomic mass is 16.5. The van der Waals surface area contributed by atoms with E-state index in [1.54, 1.807) is 16.4 Å². The molecule has 1 saturated heterocycles. The van der Waals surface area contributed by atoms with Crippen LogP contribution in [0, 0.1) is 13.8 Å². The molecule has 220 valence electrons. The van der Waals surface area contributed by atoms with Crippen LogP contribution >= 0.6 is 0 Å². The van der Waals surface area contributed by atoms with Crippen molar-refractivity contribution in [2.75, 3.05) is 20.2 Å². The summed E-state index contributed by atoms with van der Waals surface area (Å²) < 4.78 is 17.8. The number of nitrogens with zero attached hydrogens (tertiary/aromatic N) is 7. The maximum absolute atomic E-state index is 12.0. The minimum absolute atomic E-state index is 0.00991. The third-order valence-electron chi connectivity index (χ3n) is 7.84. The number of aromatic carboxylic acids is 1. The molecule has 1 aromatic carbocycles. The van der Waals surface area contributed by atoms with Crippen LogP contribution in [0.25, 0.3) is 44.3 Å². The monoisotopic (exact) mass is 572 g/mol. The van der Waals surface area contributed by atoms with Gasteiger partial charge in [0, 0.05) is 43.6 Å². The Bertz CT molecular complexity index is 1810. The first-order valence-corrected chi connectivity index (χ1v) is 14.2. The number of benzene rings is 1. The van der Waals surface area contributed by atoms with E-state index in [0.29, 0.717) is 24.4 Å². The van der Waals surface area contributed by atoms with E-state index in [-0.39, 0.29) is 18.0 Å². The van der Waals surface area contributed by atoms with E-state index < -0.39 is 5.97 Å². The zero-order chi connectivity index (χ0) is 29.7. The normalized spacial score (nSPS) is 16.4. The molecule has 1 unspecified atom stereocenters. The highest BCUT2D eigenvalue weighted by Crippen LogP contribution is 2.40. The zero-order valence-corrected chi connectivity index (χ0v) is 24.8. The van der Waals surface area contributed by atoms with Crippen molar-refractivity contribution < 1.29 is 19.4 Å². The molecule has 0 spiro atoms. The lowest BCUT2D eigenvalue weighted by molar-refractivity contribution is -0.0366. The number of fused-ring (bicyclic) bond motifs is 2. The van der Waals surface area contributed by atoms with Gasteiger partial charge in [0.25, 0.3) is 0 Å². The van der Waals surface area contributed by atoms with E-state index >= 15 is 0 Å². The van der Waals surface area contributed by atoms with Crippen molar-refractivity contribution in [2.45, 2.75) is 52.4 Å². The van der Waals surface area contributed by atoms with Crippen molar-refractivity contribution in [3.63, 3.8) is 0 Å². The fraction of sp³-hybridized carbons (Fsp3) is 0.433. The van der Waals surface area contributed by atoms with Gasteiger partial charge in [0.15, 0.2) is 11.9 Å². The van der Waals surface area contributed by atoms with Gasteiger partial charge in [-0.05, 0) is 65.3 Å². The quantitative estimate of drug-likeness (QED) is 0.278. The van der Waals surface area contributed by atoms with Crippen LogP contribution < -0.4 is 10.1 Å². The lowest BCUT2D eigenvalue weighted by Crippen LogP contribution is -2.27. The molecule has 0 radical (unpaired) electrons. The Morgan fingerprint density at radius 3 is 2.64 bits per heavy atom. The summed E-state index contributed by atoms with van der Waals surface area (Å²) in [6, 6.07) is 7.75. The SMILES string of the molecule is CNC[C@H](C)Oc1c(-c2cc3c(-c4ccc5c(c4)c(C(=O)O)nn5C)nn(C4CCCCO4)c3c(C)n2)c(C)nn1C. The van der Waals surface area contributed by atoms with Gasteiger partial charge >= 0.3 is 5.97 Å². The Kier molecular flexibility index (Phi) is 7.19. The van der Waals surface area contributed by atoms with Crippen molar-refractivity contribution >= 4 is 27.8 Å². The molecule has 2 atom stereocenters. The van der Waals surface area contributed by atoms with Crippen LogP contribution in [-0.4, -0.2) is 71.7 Å². The van der Waals surface area contributed by atoms with E-state index in [4.69, 9.17) is 19.6 Å². The van der Waals surface area contributed by atoms with Crippen LogP contribution in [0.5, 0.6) is 5.88 Å². The number of carboxylic acid groups (broad SMARTS) is 1. The summed E-state index contributed by atoms with van der Waals surface area (Å²) in [5, 5.41) is 28.4. The fourth-order valence-electron chi connectivity index (χ4n) is 5.97. The molecule has 5 heterocycles. The highest BCUT2D eigenvalue weighted by Gasteiger charge is 2.27. The number of carboxylic acids is 1. The van der Waals surface area contributed by atoms with E-state index in [9.17, 15) is 9.90 Å². The van der Waals surface area contributed by atoms with Gasteiger partial charge in [-0.1, -0.05) is 6.07 Å². The van der Waals surface area contributed by atoms with Crippen LogP contribution in [0.2, 0.25) is 0 Å². The summed E-state index contributed by atoms with van der Waals surface area (Å²) >= 11 is 0. The molecule has 6 rings (SSSR count). The summed E-state index contributed by atoms with van der Waals surface area (Å²) in [7, 11) is 5.51.